The van der Waals surface area contributed by atoms with Crippen LogP contribution in [0.3, 0.4) is 0 Å². The number of carboxylic acids is 1. The first-order valence-corrected chi connectivity index (χ1v) is 16.2. The number of nitrogens with one attached hydrogen (secondary N) is 1. The Hall–Kier alpha value is -6.21. The average molecular weight is 649 g/mol. The number of amides is 1. The molecule has 0 aliphatic carbocycles. The minimum Gasteiger partial charge on any atom is -0.492 e. The molecule has 0 radical (unpaired) electrons. The number of ether oxygens (including phenoxy) is 1. The van der Waals surface area contributed by atoms with E-state index in [4.69, 9.17) is 4.74 Å². The first kappa shape index (κ1) is 32.7. The zero-order valence-electron chi connectivity index (χ0n) is 26.9. The van der Waals surface area contributed by atoms with Crippen LogP contribution in [-0.4, -0.2) is 46.9 Å². The number of benzene rings is 6. The monoisotopic (exact) mass is 648 g/mol. The molecule has 0 saturated heterocycles. The number of rotatable bonds is 14. The van der Waals surface area contributed by atoms with Crippen LogP contribution in [0.2, 0.25) is 0 Å². The number of hydrogen-bond donors (Lipinski definition) is 2. The minimum absolute atomic E-state index is 0.0705. The lowest BCUT2D eigenvalue weighted by Gasteiger charge is -2.24. The second-order valence-corrected chi connectivity index (χ2v) is 11.7. The fraction of sp³-hybridized carbons (Fsp3) is 0.119. The van der Waals surface area contributed by atoms with Gasteiger partial charge < -0.3 is 20.1 Å². The molecule has 0 saturated carbocycles. The smallest absolute Gasteiger partial charge is 0.326 e. The summed E-state index contributed by atoms with van der Waals surface area (Å²) in [6.45, 7) is 1.08. The lowest BCUT2D eigenvalue weighted by molar-refractivity contribution is -0.137. The Morgan fingerprint density at radius 1 is 0.653 bits per heavy atom. The van der Waals surface area contributed by atoms with Crippen molar-refractivity contribution in [2.24, 2.45) is 0 Å². The molecule has 1 atom stereocenters. The number of para-hydroxylation sites is 1. The molecule has 6 rings (SSSR count). The van der Waals surface area contributed by atoms with E-state index in [1.807, 2.05) is 91.0 Å². The summed E-state index contributed by atoms with van der Waals surface area (Å²) < 4.78 is 6.07. The Labute approximate surface area is 285 Å². The standard InChI is InChI=1S/C42H36N2O5/c45-40(33-15-5-2-6-16-33)37-19-9-10-21-38(37)43-39(42(47)48)28-30-22-24-34(25-23-30)49-27-26-44(29-31-12-3-1-4-13-31)41(46)36-20-11-17-32-14-7-8-18-35(32)36/h1-25,39,43H,26-29H2,(H,47,48)/t39-/m0/s1. The molecular weight excluding hydrogens is 612 g/mol. The number of nitrogens with zero attached hydrogens (tertiary/aromatic N) is 1. The molecule has 0 aromatic heterocycles. The van der Waals surface area contributed by atoms with Crippen LogP contribution in [-0.2, 0) is 17.8 Å². The summed E-state index contributed by atoms with van der Waals surface area (Å²) >= 11 is 0. The van der Waals surface area contributed by atoms with Crippen LogP contribution < -0.4 is 10.1 Å². The lowest BCUT2D eigenvalue weighted by Crippen LogP contribution is -2.34. The van der Waals surface area contributed by atoms with Crippen molar-refractivity contribution in [2.45, 2.75) is 19.0 Å². The maximum Gasteiger partial charge on any atom is 0.326 e. The first-order valence-electron chi connectivity index (χ1n) is 16.2. The summed E-state index contributed by atoms with van der Waals surface area (Å²) in [4.78, 5) is 41.1. The number of fused-ring (bicyclic) bond motifs is 1. The van der Waals surface area contributed by atoms with Gasteiger partial charge in [0.15, 0.2) is 5.78 Å². The van der Waals surface area contributed by atoms with E-state index in [1.165, 1.54) is 0 Å². The second kappa shape index (κ2) is 15.6. The molecule has 2 N–H and O–H groups in total. The molecule has 0 unspecified atom stereocenters. The highest BCUT2D eigenvalue weighted by Crippen LogP contribution is 2.23. The Balaban J connectivity index is 1.11. The second-order valence-electron chi connectivity index (χ2n) is 11.7. The Morgan fingerprint density at radius 2 is 1.29 bits per heavy atom. The van der Waals surface area contributed by atoms with Crippen molar-refractivity contribution in [3.05, 3.63) is 179 Å². The zero-order valence-corrected chi connectivity index (χ0v) is 26.9. The Morgan fingerprint density at radius 3 is 2.04 bits per heavy atom. The molecule has 0 heterocycles. The SMILES string of the molecule is O=C(c1ccccc1)c1ccccc1N[C@@H](Cc1ccc(OCCN(Cc2ccccc2)C(=O)c2cccc3ccccc23)cc1)C(=O)O. The molecule has 7 heteroatoms. The van der Waals surface area contributed by atoms with Crippen LogP contribution in [0.4, 0.5) is 5.69 Å². The summed E-state index contributed by atoms with van der Waals surface area (Å²) in [5.41, 5.74) is 3.85. The molecule has 0 fully saturated rings. The Bertz CT molecular complexity index is 2040. The van der Waals surface area contributed by atoms with Gasteiger partial charge in [0.1, 0.15) is 18.4 Å². The van der Waals surface area contributed by atoms with Crippen LogP contribution >= 0.6 is 0 Å². The highest BCUT2D eigenvalue weighted by Gasteiger charge is 2.22. The molecule has 6 aromatic rings. The highest BCUT2D eigenvalue weighted by molar-refractivity contribution is 6.12. The number of aliphatic carboxylic acids is 1. The van der Waals surface area contributed by atoms with Crippen molar-refractivity contribution in [3.8, 4) is 5.75 Å². The van der Waals surface area contributed by atoms with Gasteiger partial charge >= 0.3 is 5.97 Å². The average Bonchev–Trinajstić information content (AvgIpc) is 3.15. The Kier molecular flexibility index (Phi) is 10.4. The van der Waals surface area contributed by atoms with Crippen molar-refractivity contribution >= 4 is 34.1 Å². The van der Waals surface area contributed by atoms with E-state index in [0.29, 0.717) is 41.2 Å². The van der Waals surface area contributed by atoms with Crippen LogP contribution in [0.5, 0.6) is 5.75 Å². The third-order valence-electron chi connectivity index (χ3n) is 8.35. The number of carboxylic acid groups (broad SMARTS) is 1. The predicted octanol–water partition coefficient (Wildman–Crippen LogP) is 7.90. The number of hydrogen-bond acceptors (Lipinski definition) is 5. The number of carbonyl (C=O) groups is 3. The number of ketones is 1. The quantitative estimate of drug-likeness (QED) is 0.117. The molecule has 0 aliphatic rings. The molecule has 49 heavy (non-hydrogen) atoms. The van der Waals surface area contributed by atoms with E-state index in [-0.39, 0.29) is 24.7 Å². The maximum absolute atomic E-state index is 13.9. The predicted molar refractivity (Wildman–Crippen MR) is 192 cm³/mol. The van der Waals surface area contributed by atoms with E-state index in [9.17, 15) is 19.5 Å². The first-order chi connectivity index (χ1) is 24.0. The molecule has 0 spiro atoms. The molecule has 0 bridgehead atoms. The van der Waals surface area contributed by atoms with Crippen LogP contribution in [0.15, 0.2) is 152 Å². The van der Waals surface area contributed by atoms with Gasteiger partial charge in [-0.1, -0.05) is 121 Å². The molecule has 244 valence electrons. The van der Waals surface area contributed by atoms with Gasteiger partial charge in [-0.25, -0.2) is 4.79 Å². The number of anilines is 1. The van der Waals surface area contributed by atoms with Crippen molar-refractivity contribution in [3.63, 3.8) is 0 Å². The summed E-state index contributed by atoms with van der Waals surface area (Å²) in [7, 11) is 0. The molecule has 1 amide bonds. The van der Waals surface area contributed by atoms with Gasteiger partial charge in [-0.3, -0.25) is 9.59 Å². The summed E-state index contributed by atoms with van der Waals surface area (Å²) in [6.07, 6.45) is 0.188. The maximum atomic E-state index is 13.9. The van der Waals surface area contributed by atoms with Crippen molar-refractivity contribution in [1.82, 2.24) is 4.90 Å². The van der Waals surface area contributed by atoms with E-state index in [0.717, 1.165) is 21.9 Å². The van der Waals surface area contributed by atoms with E-state index >= 15 is 0 Å². The largest absolute Gasteiger partial charge is 0.492 e. The third kappa shape index (κ3) is 8.21. The van der Waals surface area contributed by atoms with Crippen LogP contribution in [0, 0.1) is 0 Å². The van der Waals surface area contributed by atoms with Gasteiger partial charge in [-0.2, -0.15) is 0 Å². The summed E-state index contributed by atoms with van der Waals surface area (Å²) in [5.74, 6) is -0.675. The third-order valence-corrected chi connectivity index (χ3v) is 8.35. The molecular formula is C42H36N2O5. The van der Waals surface area contributed by atoms with Gasteiger partial charge in [0.05, 0.1) is 6.54 Å². The van der Waals surface area contributed by atoms with Crippen molar-refractivity contribution < 1.29 is 24.2 Å². The summed E-state index contributed by atoms with van der Waals surface area (Å²) in [6, 6.07) is 45.7. The van der Waals surface area contributed by atoms with E-state index < -0.39 is 12.0 Å². The fourth-order valence-electron chi connectivity index (χ4n) is 5.81. The topological polar surface area (TPSA) is 95.9 Å². The van der Waals surface area contributed by atoms with Gasteiger partial charge in [0, 0.05) is 35.3 Å². The van der Waals surface area contributed by atoms with Crippen LogP contribution in [0.1, 0.15) is 37.4 Å². The summed E-state index contributed by atoms with van der Waals surface area (Å²) in [5, 5.41) is 15.0. The minimum atomic E-state index is -1.03. The van der Waals surface area contributed by atoms with Gasteiger partial charge in [-0.05, 0) is 52.2 Å². The highest BCUT2D eigenvalue weighted by atomic mass is 16.5. The van der Waals surface area contributed by atoms with E-state index in [1.54, 1.807) is 65.6 Å². The van der Waals surface area contributed by atoms with Crippen LogP contribution in [0.25, 0.3) is 10.8 Å². The molecule has 7 nitrogen and oxygen atoms in total. The van der Waals surface area contributed by atoms with Crippen molar-refractivity contribution in [1.29, 1.82) is 0 Å². The number of carbonyl (C=O) groups excluding carboxylic acids is 2. The lowest BCUT2D eigenvalue weighted by atomic mass is 10.00. The zero-order chi connectivity index (χ0) is 34.0. The van der Waals surface area contributed by atoms with Gasteiger partial charge in [-0.15, -0.1) is 0 Å². The van der Waals surface area contributed by atoms with Gasteiger partial charge in [0.2, 0.25) is 0 Å². The fourth-order valence-corrected chi connectivity index (χ4v) is 5.81. The van der Waals surface area contributed by atoms with E-state index in [2.05, 4.69) is 5.32 Å². The normalized spacial score (nSPS) is 11.4. The van der Waals surface area contributed by atoms with Crippen molar-refractivity contribution in [2.75, 3.05) is 18.5 Å². The molecule has 6 aromatic carbocycles. The molecule has 0 aliphatic heterocycles. The van der Waals surface area contributed by atoms with Gasteiger partial charge in [0.25, 0.3) is 5.91 Å².